The molecule has 0 spiro atoms. The van der Waals surface area contributed by atoms with E-state index in [4.69, 9.17) is 0 Å². The van der Waals surface area contributed by atoms with Crippen LogP contribution in [0.4, 0.5) is 5.82 Å². The third kappa shape index (κ3) is 3.78. The Morgan fingerprint density at radius 1 is 1.29 bits per heavy atom. The van der Waals surface area contributed by atoms with Crippen LogP contribution < -0.4 is 10.0 Å². The maximum atomic E-state index is 12.3. The van der Waals surface area contributed by atoms with E-state index in [2.05, 4.69) is 25.3 Å². The number of hydrogen-bond donors (Lipinski definition) is 3. The first-order valence-electron chi connectivity index (χ1n) is 9.12. The number of aromatic nitrogens is 4. The van der Waals surface area contributed by atoms with Crippen molar-refractivity contribution in [3.63, 3.8) is 0 Å². The second-order valence-electron chi connectivity index (χ2n) is 7.09. The van der Waals surface area contributed by atoms with Crippen LogP contribution in [0.25, 0.3) is 11.0 Å². The summed E-state index contributed by atoms with van der Waals surface area (Å²) >= 11 is 0. The number of rotatable bonds is 7. The van der Waals surface area contributed by atoms with Gasteiger partial charge in [-0.15, -0.1) is 0 Å². The van der Waals surface area contributed by atoms with Gasteiger partial charge in [0.1, 0.15) is 5.82 Å². The van der Waals surface area contributed by atoms with Crippen molar-refractivity contribution in [2.45, 2.75) is 43.5 Å². The van der Waals surface area contributed by atoms with Crippen molar-refractivity contribution < 1.29 is 13.2 Å². The lowest BCUT2D eigenvalue weighted by Crippen LogP contribution is -2.25. The van der Waals surface area contributed by atoms with E-state index in [1.807, 2.05) is 6.92 Å². The smallest absolute Gasteiger partial charge is 0.240 e. The molecule has 10 heteroatoms. The summed E-state index contributed by atoms with van der Waals surface area (Å²) < 4.78 is 28.7. The third-order valence-electron chi connectivity index (χ3n) is 4.75. The van der Waals surface area contributed by atoms with Gasteiger partial charge in [0.25, 0.3) is 0 Å². The molecule has 1 amide bonds. The van der Waals surface area contributed by atoms with E-state index in [1.165, 1.54) is 0 Å². The third-order valence-corrected chi connectivity index (χ3v) is 6.29. The summed E-state index contributed by atoms with van der Waals surface area (Å²) in [5.41, 5.74) is 2.37. The van der Waals surface area contributed by atoms with Gasteiger partial charge in [0, 0.05) is 19.5 Å². The number of aryl methyl sites for hydroxylation is 3. The molecule has 1 aromatic carbocycles. The molecule has 28 heavy (non-hydrogen) atoms. The quantitative estimate of drug-likeness (QED) is 0.554. The van der Waals surface area contributed by atoms with Crippen molar-refractivity contribution >= 4 is 32.8 Å². The van der Waals surface area contributed by atoms with E-state index in [0.29, 0.717) is 17.9 Å². The minimum atomic E-state index is -3.45. The summed E-state index contributed by atoms with van der Waals surface area (Å²) in [6.45, 7) is 1.86. The maximum Gasteiger partial charge on any atom is 0.240 e. The van der Waals surface area contributed by atoms with Crippen molar-refractivity contribution in [1.29, 1.82) is 0 Å². The molecule has 1 saturated carbocycles. The first kappa shape index (κ1) is 18.6. The van der Waals surface area contributed by atoms with Gasteiger partial charge in [-0.25, -0.2) is 17.8 Å². The molecule has 3 aromatic rings. The molecule has 9 nitrogen and oxygen atoms in total. The molecule has 1 fully saturated rings. The fourth-order valence-corrected chi connectivity index (χ4v) is 4.41. The van der Waals surface area contributed by atoms with Crippen LogP contribution >= 0.6 is 0 Å². The number of nitrogens with one attached hydrogen (secondary N) is 3. The van der Waals surface area contributed by atoms with Crippen LogP contribution in [0.1, 0.15) is 30.5 Å². The van der Waals surface area contributed by atoms with E-state index >= 15 is 0 Å². The lowest BCUT2D eigenvalue weighted by atomic mass is 10.1. The first-order valence-corrected chi connectivity index (χ1v) is 10.6. The number of benzene rings is 1. The van der Waals surface area contributed by atoms with Gasteiger partial charge in [-0.3, -0.25) is 9.89 Å². The van der Waals surface area contributed by atoms with Gasteiger partial charge in [0.15, 0.2) is 5.65 Å². The van der Waals surface area contributed by atoms with Crippen molar-refractivity contribution in [3.8, 4) is 0 Å². The lowest BCUT2D eigenvalue weighted by Gasteiger charge is -2.07. The molecule has 0 aliphatic heterocycles. The number of sulfonamides is 1. The Kier molecular flexibility index (Phi) is 4.68. The van der Waals surface area contributed by atoms with Crippen molar-refractivity contribution in [2.75, 3.05) is 5.32 Å². The molecule has 2 heterocycles. The number of carbonyl (C=O) groups is 1. The van der Waals surface area contributed by atoms with E-state index in [1.54, 1.807) is 36.0 Å². The second-order valence-corrected chi connectivity index (χ2v) is 8.81. The zero-order chi connectivity index (χ0) is 19.9. The van der Waals surface area contributed by atoms with Crippen LogP contribution in [-0.4, -0.2) is 40.3 Å². The molecule has 4 rings (SSSR count). The Hall–Kier alpha value is -2.72. The number of amides is 1. The predicted octanol–water partition coefficient (Wildman–Crippen LogP) is 1.62. The molecular weight excluding hydrogens is 380 g/mol. The number of nitrogens with zero attached hydrogens (tertiary/aromatic N) is 3. The normalized spacial score (nSPS) is 14.5. The Bertz CT molecular complexity index is 1130. The number of anilines is 1. The van der Waals surface area contributed by atoms with Gasteiger partial charge in [-0.05, 0) is 43.9 Å². The zero-order valence-corrected chi connectivity index (χ0v) is 16.5. The number of fused-ring (bicyclic) bond motifs is 1. The van der Waals surface area contributed by atoms with Crippen LogP contribution in [0.2, 0.25) is 0 Å². The second kappa shape index (κ2) is 7.02. The Labute approximate surface area is 162 Å². The van der Waals surface area contributed by atoms with Gasteiger partial charge in [-0.2, -0.15) is 10.2 Å². The molecule has 2 aromatic heterocycles. The molecular formula is C18H22N6O3S. The number of H-pyrrole nitrogens is 1. The molecule has 0 saturated heterocycles. The van der Waals surface area contributed by atoms with Gasteiger partial charge in [0.2, 0.25) is 15.9 Å². The highest BCUT2D eigenvalue weighted by Gasteiger charge is 2.27. The molecule has 148 valence electrons. The summed E-state index contributed by atoms with van der Waals surface area (Å²) in [7, 11) is -1.65. The van der Waals surface area contributed by atoms with Gasteiger partial charge in [-0.1, -0.05) is 12.1 Å². The van der Waals surface area contributed by atoms with Gasteiger partial charge < -0.3 is 5.32 Å². The summed E-state index contributed by atoms with van der Waals surface area (Å²) in [5.74, 6) is 0.388. The summed E-state index contributed by atoms with van der Waals surface area (Å²) in [6.07, 6.45) is 2.57. The fraction of sp³-hybridized carbons (Fsp3) is 0.389. The number of carbonyl (C=O) groups excluding carboxylic acids is 1. The van der Waals surface area contributed by atoms with Crippen LogP contribution in [0, 0.1) is 6.92 Å². The van der Waals surface area contributed by atoms with Crippen molar-refractivity contribution in [2.24, 2.45) is 7.05 Å². The minimum Gasteiger partial charge on any atom is -0.310 e. The zero-order valence-electron chi connectivity index (χ0n) is 15.7. The molecule has 3 N–H and O–H groups in total. The molecule has 1 aliphatic rings. The largest absolute Gasteiger partial charge is 0.310 e. The SMILES string of the molecule is Cc1nn(C)c2n[nH]c(NC(=O)CCc3ccc(S(=O)(=O)NC4CC4)cc3)c12. The highest BCUT2D eigenvalue weighted by Crippen LogP contribution is 2.24. The molecule has 0 bridgehead atoms. The molecule has 0 radical (unpaired) electrons. The standard InChI is InChI=1S/C18H22N6O3S/c1-11-16-17(20-21-18(16)24(2)22-11)19-15(25)10-5-12-3-8-14(9-4-12)28(26,27)23-13-6-7-13/h3-4,8-9,13,23H,5-7,10H2,1-2H3,(H2,19,20,21,25). The van der Waals surface area contributed by atoms with Gasteiger partial charge >= 0.3 is 0 Å². The first-order chi connectivity index (χ1) is 13.3. The van der Waals surface area contributed by atoms with Crippen LogP contribution in [-0.2, 0) is 28.3 Å². The Morgan fingerprint density at radius 2 is 2.00 bits per heavy atom. The highest BCUT2D eigenvalue weighted by molar-refractivity contribution is 7.89. The van der Waals surface area contributed by atoms with Crippen LogP contribution in [0.3, 0.4) is 0 Å². The number of aromatic amines is 1. The fourth-order valence-electron chi connectivity index (χ4n) is 3.11. The Balaban J connectivity index is 1.36. The van der Waals surface area contributed by atoms with Crippen LogP contribution in [0.15, 0.2) is 29.2 Å². The molecule has 1 aliphatic carbocycles. The van der Waals surface area contributed by atoms with E-state index in [-0.39, 0.29) is 23.3 Å². The van der Waals surface area contributed by atoms with Crippen molar-refractivity contribution in [3.05, 3.63) is 35.5 Å². The summed E-state index contributed by atoms with van der Waals surface area (Å²) in [5, 5.41) is 14.9. The van der Waals surface area contributed by atoms with E-state index in [9.17, 15) is 13.2 Å². The maximum absolute atomic E-state index is 12.3. The molecule has 0 atom stereocenters. The van der Waals surface area contributed by atoms with E-state index in [0.717, 1.165) is 29.5 Å². The Morgan fingerprint density at radius 3 is 2.68 bits per heavy atom. The summed E-state index contributed by atoms with van der Waals surface area (Å²) in [6, 6.07) is 6.72. The highest BCUT2D eigenvalue weighted by atomic mass is 32.2. The van der Waals surface area contributed by atoms with Crippen molar-refractivity contribution in [1.82, 2.24) is 24.7 Å². The number of hydrogen-bond acceptors (Lipinski definition) is 5. The average Bonchev–Trinajstić information content (AvgIpc) is 3.27. The summed E-state index contributed by atoms with van der Waals surface area (Å²) in [4.78, 5) is 12.6. The minimum absolute atomic E-state index is 0.0748. The van der Waals surface area contributed by atoms with Gasteiger partial charge in [0.05, 0.1) is 16.0 Å². The van der Waals surface area contributed by atoms with E-state index < -0.39 is 10.0 Å². The predicted molar refractivity (Wildman–Crippen MR) is 104 cm³/mol. The van der Waals surface area contributed by atoms with Crippen LogP contribution in [0.5, 0.6) is 0 Å². The molecule has 0 unspecified atom stereocenters. The topological polar surface area (TPSA) is 122 Å². The monoisotopic (exact) mass is 402 g/mol. The average molecular weight is 402 g/mol. The lowest BCUT2D eigenvalue weighted by molar-refractivity contribution is -0.116.